The van der Waals surface area contributed by atoms with Crippen LogP contribution >= 0.6 is 0 Å². The fourth-order valence-corrected chi connectivity index (χ4v) is 3.84. The van der Waals surface area contributed by atoms with Gasteiger partial charge in [-0.05, 0) is 55.8 Å². The molecule has 0 spiro atoms. The van der Waals surface area contributed by atoms with Crippen molar-refractivity contribution < 1.29 is 23.2 Å². The molecule has 2 aromatic rings. The van der Waals surface area contributed by atoms with Crippen LogP contribution in [0.15, 0.2) is 65.3 Å². The zero-order valence-electron chi connectivity index (χ0n) is 16.1. The Hall–Kier alpha value is -2.60. The molecule has 2 atom stereocenters. The monoisotopic (exact) mass is 400 g/mol. The third kappa shape index (κ3) is 5.45. The van der Waals surface area contributed by atoms with E-state index in [1.165, 1.54) is 0 Å². The summed E-state index contributed by atoms with van der Waals surface area (Å²) in [4.78, 5) is 12.9. The van der Waals surface area contributed by atoms with E-state index >= 15 is 0 Å². The van der Waals surface area contributed by atoms with Crippen molar-refractivity contribution >= 4 is 16.8 Å². The molecule has 0 N–H and O–H groups in total. The first-order valence-electron chi connectivity index (χ1n) is 9.13. The molecule has 2 aromatic carbocycles. The van der Waals surface area contributed by atoms with Gasteiger partial charge in [0.15, 0.2) is 0 Å². The van der Waals surface area contributed by atoms with Gasteiger partial charge in [0.25, 0.3) is 0 Å². The third-order valence-corrected chi connectivity index (χ3v) is 5.86. The van der Waals surface area contributed by atoms with E-state index in [1.54, 1.807) is 31.4 Å². The molecular formula is C22H24O5S. The van der Waals surface area contributed by atoms with E-state index < -0.39 is 10.8 Å². The quantitative estimate of drug-likeness (QED) is 0.660. The molecule has 0 radical (unpaired) electrons. The summed E-state index contributed by atoms with van der Waals surface area (Å²) in [6.07, 6.45) is 2.68. The summed E-state index contributed by atoms with van der Waals surface area (Å²) in [5.41, 5.74) is 1.63. The molecule has 0 saturated heterocycles. The van der Waals surface area contributed by atoms with Gasteiger partial charge < -0.3 is 14.2 Å². The molecule has 0 amide bonds. The second kappa shape index (κ2) is 9.55. The Morgan fingerprint density at radius 3 is 2.46 bits per heavy atom. The molecule has 28 heavy (non-hydrogen) atoms. The number of benzene rings is 2. The Morgan fingerprint density at radius 1 is 1.14 bits per heavy atom. The molecule has 0 aliphatic carbocycles. The van der Waals surface area contributed by atoms with Crippen molar-refractivity contribution in [3.05, 3.63) is 71.5 Å². The van der Waals surface area contributed by atoms with Crippen LogP contribution in [0, 0.1) is 12.8 Å². The molecule has 1 aliphatic rings. The predicted octanol–water partition coefficient (Wildman–Crippen LogP) is 3.89. The van der Waals surface area contributed by atoms with Gasteiger partial charge in [0.1, 0.15) is 11.5 Å². The molecule has 1 aliphatic heterocycles. The lowest BCUT2D eigenvalue weighted by Gasteiger charge is -2.22. The first-order chi connectivity index (χ1) is 13.5. The maximum absolute atomic E-state index is 12.4. The number of carbonyl (C=O) groups is 1. The second-order valence-corrected chi connectivity index (χ2v) is 8.16. The molecule has 5 nitrogen and oxygen atoms in total. The highest BCUT2D eigenvalue weighted by molar-refractivity contribution is 7.85. The van der Waals surface area contributed by atoms with Crippen LogP contribution in [-0.2, 0) is 20.3 Å². The van der Waals surface area contributed by atoms with Crippen molar-refractivity contribution in [1.82, 2.24) is 0 Å². The standard InChI is InChI=1S/C22H24O5S/c1-16-3-11-21(12-4-16)28(24)15-20-8-5-17(13-26-20)14-27-22(23)18-6-9-19(25-2)10-7-18/h3-4,6-12,17H,5,13-15H2,1-2H3/t17-,28-/m1/s1. The van der Waals surface area contributed by atoms with Gasteiger partial charge in [-0.2, -0.15) is 0 Å². The van der Waals surface area contributed by atoms with E-state index in [0.717, 1.165) is 22.6 Å². The van der Waals surface area contributed by atoms with Gasteiger partial charge in [0.2, 0.25) is 0 Å². The molecule has 1 heterocycles. The maximum atomic E-state index is 12.4. The third-order valence-electron chi connectivity index (χ3n) is 4.52. The lowest BCUT2D eigenvalue weighted by molar-refractivity contribution is 0.0339. The van der Waals surface area contributed by atoms with E-state index in [1.807, 2.05) is 37.3 Å². The number of carbonyl (C=O) groups excluding carboxylic acids is 1. The number of rotatable bonds is 7. The minimum Gasteiger partial charge on any atom is -0.497 e. The highest BCUT2D eigenvalue weighted by atomic mass is 32.2. The Bertz CT molecular complexity index is 856. The van der Waals surface area contributed by atoms with Crippen molar-refractivity contribution in [3.8, 4) is 5.75 Å². The molecule has 0 bridgehead atoms. The van der Waals surface area contributed by atoms with E-state index in [2.05, 4.69) is 0 Å². The summed E-state index contributed by atoms with van der Waals surface area (Å²) in [5.74, 6) is 1.52. The summed E-state index contributed by atoms with van der Waals surface area (Å²) in [7, 11) is 0.450. The fourth-order valence-electron chi connectivity index (χ4n) is 2.77. The maximum Gasteiger partial charge on any atom is 0.338 e. The van der Waals surface area contributed by atoms with Gasteiger partial charge in [0.05, 0.1) is 42.4 Å². The number of ether oxygens (including phenoxy) is 3. The molecule has 0 unspecified atom stereocenters. The summed E-state index contributed by atoms with van der Waals surface area (Å²) >= 11 is 0. The van der Waals surface area contributed by atoms with Crippen LogP contribution in [0.25, 0.3) is 0 Å². The topological polar surface area (TPSA) is 61.8 Å². The second-order valence-electron chi connectivity index (χ2n) is 6.71. The fraction of sp³-hybridized carbons (Fsp3) is 0.318. The van der Waals surface area contributed by atoms with Crippen LogP contribution in [0.5, 0.6) is 5.75 Å². The van der Waals surface area contributed by atoms with Gasteiger partial charge >= 0.3 is 5.97 Å². The van der Waals surface area contributed by atoms with E-state index in [9.17, 15) is 9.00 Å². The van der Waals surface area contributed by atoms with Crippen LogP contribution in [0.2, 0.25) is 0 Å². The van der Waals surface area contributed by atoms with Crippen LogP contribution in [0.4, 0.5) is 0 Å². The number of hydrogen-bond donors (Lipinski definition) is 0. The normalized spacial score (nSPS) is 17.2. The van der Waals surface area contributed by atoms with Crippen molar-refractivity contribution in [2.45, 2.75) is 18.2 Å². The molecular weight excluding hydrogens is 376 g/mol. The Kier molecular flexibility index (Phi) is 6.87. The minimum atomic E-state index is -1.13. The highest BCUT2D eigenvalue weighted by Gasteiger charge is 2.19. The first kappa shape index (κ1) is 20.1. The van der Waals surface area contributed by atoms with Crippen LogP contribution in [0.3, 0.4) is 0 Å². The molecule has 6 heteroatoms. The SMILES string of the molecule is COc1ccc(C(=O)OC[C@@H]2CC=C(C[S@@](=O)c3ccc(C)cc3)OC2)cc1. The average Bonchev–Trinajstić information content (AvgIpc) is 2.73. The number of esters is 1. The van der Waals surface area contributed by atoms with Crippen molar-refractivity contribution in [2.24, 2.45) is 5.92 Å². The Balaban J connectivity index is 1.46. The number of allylic oxidation sites excluding steroid dienone is 1. The van der Waals surface area contributed by atoms with Crippen LogP contribution < -0.4 is 4.74 Å². The minimum absolute atomic E-state index is 0.0961. The summed E-state index contributed by atoms with van der Waals surface area (Å²) < 4.78 is 28.6. The van der Waals surface area contributed by atoms with Crippen molar-refractivity contribution in [2.75, 3.05) is 26.1 Å². The van der Waals surface area contributed by atoms with Crippen molar-refractivity contribution in [3.63, 3.8) is 0 Å². The summed E-state index contributed by atoms with van der Waals surface area (Å²) in [6.45, 7) is 2.74. The van der Waals surface area contributed by atoms with E-state index in [4.69, 9.17) is 14.2 Å². The molecule has 0 saturated carbocycles. The van der Waals surface area contributed by atoms with Gasteiger partial charge in [-0.15, -0.1) is 0 Å². The highest BCUT2D eigenvalue weighted by Crippen LogP contribution is 2.20. The van der Waals surface area contributed by atoms with E-state index in [-0.39, 0.29) is 18.5 Å². The Labute approximate surface area is 167 Å². The summed E-state index contributed by atoms with van der Waals surface area (Å²) in [6, 6.07) is 14.5. The first-order valence-corrected chi connectivity index (χ1v) is 10.4. The van der Waals surface area contributed by atoms with Gasteiger partial charge in [-0.3, -0.25) is 4.21 Å². The predicted molar refractivity (Wildman–Crippen MR) is 108 cm³/mol. The zero-order valence-corrected chi connectivity index (χ0v) is 16.9. The van der Waals surface area contributed by atoms with Gasteiger partial charge in [-0.1, -0.05) is 17.7 Å². The lowest BCUT2D eigenvalue weighted by atomic mass is 10.1. The largest absolute Gasteiger partial charge is 0.497 e. The number of aryl methyl sites for hydroxylation is 1. The summed E-state index contributed by atoms with van der Waals surface area (Å²) in [5, 5.41) is 0. The van der Waals surface area contributed by atoms with Crippen LogP contribution in [-0.4, -0.2) is 36.3 Å². The average molecular weight is 400 g/mol. The lowest BCUT2D eigenvalue weighted by Crippen LogP contribution is -2.22. The molecule has 0 fully saturated rings. The molecule has 3 rings (SSSR count). The zero-order chi connectivity index (χ0) is 19.9. The number of methoxy groups -OCH3 is 1. The number of hydrogen-bond acceptors (Lipinski definition) is 5. The van der Waals surface area contributed by atoms with Gasteiger partial charge in [0, 0.05) is 10.8 Å². The van der Waals surface area contributed by atoms with Crippen molar-refractivity contribution in [1.29, 1.82) is 0 Å². The van der Waals surface area contributed by atoms with Gasteiger partial charge in [-0.25, -0.2) is 4.79 Å². The smallest absolute Gasteiger partial charge is 0.338 e. The van der Waals surface area contributed by atoms with E-state index in [0.29, 0.717) is 23.7 Å². The Morgan fingerprint density at radius 2 is 1.86 bits per heavy atom. The molecule has 0 aromatic heterocycles. The van der Waals surface area contributed by atoms with Crippen LogP contribution in [0.1, 0.15) is 22.3 Å². The molecule has 148 valence electrons.